The lowest BCUT2D eigenvalue weighted by Crippen LogP contribution is -2.38. The van der Waals surface area contributed by atoms with Crippen LogP contribution in [0.5, 0.6) is 0 Å². The number of rotatable bonds is 6. The van der Waals surface area contributed by atoms with Gasteiger partial charge in [0.05, 0.1) is 22.1 Å². The molecular formula is C21H28N6S. The highest BCUT2D eigenvalue weighted by Gasteiger charge is 2.13. The SMILES string of the molecule is CN=C(NCCc1nc(C)c(C)s1)NCc1c(C)nn(-c2ccccc2)c1C. The van der Waals surface area contributed by atoms with Gasteiger partial charge in [-0.1, -0.05) is 18.2 Å². The van der Waals surface area contributed by atoms with Crippen LogP contribution >= 0.6 is 11.3 Å². The standard InChI is InChI=1S/C21H28N6S/c1-14-17(4)28-20(25-14)11-12-23-21(22-5)24-13-19-15(2)26-27(16(19)3)18-9-7-6-8-10-18/h6-10H,11-13H2,1-5H3,(H2,22,23,24). The molecule has 28 heavy (non-hydrogen) atoms. The number of guanidine groups is 1. The van der Waals surface area contributed by atoms with E-state index in [0.717, 1.165) is 46.7 Å². The fourth-order valence-corrected chi connectivity index (χ4v) is 4.01. The van der Waals surface area contributed by atoms with Crippen molar-refractivity contribution in [2.75, 3.05) is 13.6 Å². The highest BCUT2D eigenvalue weighted by molar-refractivity contribution is 7.11. The Hall–Kier alpha value is -2.67. The van der Waals surface area contributed by atoms with Crippen molar-refractivity contribution in [3.8, 4) is 5.69 Å². The molecule has 0 atom stereocenters. The van der Waals surface area contributed by atoms with E-state index in [2.05, 4.69) is 53.5 Å². The highest BCUT2D eigenvalue weighted by atomic mass is 32.1. The average molecular weight is 397 g/mol. The molecule has 2 aromatic heterocycles. The first kappa shape index (κ1) is 20.1. The van der Waals surface area contributed by atoms with E-state index in [1.165, 1.54) is 10.4 Å². The summed E-state index contributed by atoms with van der Waals surface area (Å²) in [5.41, 5.74) is 5.56. The van der Waals surface area contributed by atoms with Gasteiger partial charge >= 0.3 is 0 Å². The number of hydrogen-bond donors (Lipinski definition) is 2. The van der Waals surface area contributed by atoms with Gasteiger partial charge in [0, 0.05) is 42.7 Å². The number of para-hydroxylation sites is 1. The van der Waals surface area contributed by atoms with E-state index in [4.69, 9.17) is 5.10 Å². The molecule has 2 heterocycles. The van der Waals surface area contributed by atoms with Crippen LogP contribution < -0.4 is 10.6 Å². The van der Waals surface area contributed by atoms with Crippen molar-refractivity contribution in [3.63, 3.8) is 0 Å². The monoisotopic (exact) mass is 396 g/mol. The minimum atomic E-state index is 0.680. The fraction of sp³-hybridized carbons (Fsp3) is 0.381. The first-order valence-electron chi connectivity index (χ1n) is 9.47. The lowest BCUT2D eigenvalue weighted by atomic mass is 10.2. The molecule has 0 radical (unpaired) electrons. The molecule has 3 aromatic rings. The van der Waals surface area contributed by atoms with Crippen molar-refractivity contribution in [2.45, 2.75) is 40.7 Å². The summed E-state index contributed by atoms with van der Waals surface area (Å²) in [5, 5.41) is 12.6. The zero-order valence-corrected chi connectivity index (χ0v) is 18.0. The number of aliphatic imine (C=N–C) groups is 1. The van der Waals surface area contributed by atoms with E-state index in [9.17, 15) is 0 Å². The Morgan fingerprint density at radius 3 is 2.46 bits per heavy atom. The Morgan fingerprint density at radius 2 is 1.82 bits per heavy atom. The zero-order chi connectivity index (χ0) is 20.1. The van der Waals surface area contributed by atoms with E-state index < -0.39 is 0 Å². The van der Waals surface area contributed by atoms with Crippen molar-refractivity contribution < 1.29 is 0 Å². The molecular weight excluding hydrogens is 368 g/mol. The van der Waals surface area contributed by atoms with Gasteiger partial charge in [-0.2, -0.15) is 5.10 Å². The molecule has 0 spiro atoms. The topological polar surface area (TPSA) is 67.1 Å². The third-order valence-corrected chi connectivity index (χ3v) is 5.93. The van der Waals surface area contributed by atoms with Gasteiger partial charge in [0.25, 0.3) is 0 Å². The first-order chi connectivity index (χ1) is 13.5. The molecule has 1 aromatic carbocycles. The molecule has 2 N–H and O–H groups in total. The molecule has 0 aliphatic rings. The van der Waals surface area contributed by atoms with Crippen LogP contribution in [0, 0.1) is 27.7 Å². The van der Waals surface area contributed by atoms with Gasteiger partial charge in [0.2, 0.25) is 0 Å². The van der Waals surface area contributed by atoms with Crippen LogP contribution in [0.2, 0.25) is 0 Å². The Morgan fingerprint density at radius 1 is 1.07 bits per heavy atom. The number of aromatic nitrogens is 3. The Kier molecular flexibility index (Phi) is 6.46. The van der Waals surface area contributed by atoms with Gasteiger partial charge < -0.3 is 10.6 Å². The number of nitrogens with zero attached hydrogens (tertiary/aromatic N) is 4. The summed E-state index contributed by atoms with van der Waals surface area (Å²) in [5.74, 6) is 0.788. The third-order valence-electron chi connectivity index (χ3n) is 4.80. The second kappa shape index (κ2) is 9.01. The Bertz CT molecular complexity index is 935. The van der Waals surface area contributed by atoms with E-state index in [0.29, 0.717) is 6.54 Å². The molecule has 0 unspecified atom stereocenters. The Labute approximate surface area is 170 Å². The van der Waals surface area contributed by atoms with Gasteiger partial charge in [0.1, 0.15) is 0 Å². The second-order valence-corrected chi connectivity index (χ2v) is 8.04. The van der Waals surface area contributed by atoms with Gasteiger partial charge in [-0.05, 0) is 39.8 Å². The van der Waals surface area contributed by atoms with Gasteiger partial charge in [-0.3, -0.25) is 4.99 Å². The molecule has 0 saturated carbocycles. The number of nitrogens with one attached hydrogen (secondary N) is 2. The normalized spacial score (nSPS) is 11.7. The van der Waals surface area contributed by atoms with Crippen LogP contribution in [0.25, 0.3) is 5.69 Å². The van der Waals surface area contributed by atoms with Gasteiger partial charge in [-0.25, -0.2) is 9.67 Å². The maximum Gasteiger partial charge on any atom is 0.191 e. The molecule has 7 heteroatoms. The molecule has 148 valence electrons. The summed E-state index contributed by atoms with van der Waals surface area (Å²) in [6.07, 6.45) is 0.893. The zero-order valence-electron chi connectivity index (χ0n) is 17.2. The smallest absolute Gasteiger partial charge is 0.191 e. The summed E-state index contributed by atoms with van der Waals surface area (Å²) in [6.45, 7) is 9.81. The van der Waals surface area contributed by atoms with Crippen molar-refractivity contribution >= 4 is 17.3 Å². The average Bonchev–Trinajstić information content (AvgIpc) is 3.17. The largest absolute Gasteiger partial charge is 0.356 e. The maximum atomic E-state index is 4.71. The predicted molar refractivity (Wildman–Crippen MR) is 117 cm³/mol. The summed E-state index contributed by atoms with van der Waals surface area (Å²) >= 11 is 1.77. The van der Waals surface area contributed by atoms with Crippen LogP contribution in [0.4, 0.5) is 0 Å². The minimum Gasteiger partial charge on any atom is -0.356 e. The summed E-state index contributed by atoms with van der Waals surface area (Å²) in [7, 11) is 1.79. The van der Waals surface area contributed by atoms with Crippen molar-refractivity contribution in [1.29, 1.82) is 0 Å². The molecule has 3 rings (SSSR count). The van der Waals surface area contributed by atoms with Crippen LogP contribution in [-0.2, 0) is 13.0 Å². The lowest BCUT2D eigenvalue weighted by molar-refractivity contribution is 0.785. The number of hydrogen-bond acceptors (Lipinski definition) is 4. The first-order valence-corrected chi connectivity index (χ1v) is 10.3. The lowest BCUT2D eigenvalue weighted by Gasteiger charge is -2.12. The van der Waals surface area contributed by atoms with E-state index >= 15 is 0 Å². The van der Waals surface area contributed by atoms with E-state index in [-0.39, 0.29) is 0 Å². The quantitative estimate of drug-likeness (QED) is 0.495. The van der Waals surface area contributed by atoms with Crippen LogP contribution in [0.15, 0.2) is 35.3 Å². The molecule has 0 amide bonds. The summed E-state index contributed by atoms with van der Waals surface area (Å²) in [4.78, 5) is 10.2. The molecule has 0 aliphatic heterocycles. The minimum absolute atomic E-state index is 0.680. The third kappa shape index (κ3) is 4.59. The van der Waals surface area contributed by atoms with Gasteiger partial charge in [0.15, 0.2) is 5.96 Å². The second-order valence-electron chi connectivity index (χ2n) is 6.75. The highest BCUT2D eigenvalue weighted by Crippen LogP contribution is 2.18. The number of aryl methyl sites for hydroxylation is 3. The van der Waals surface area contributed by atoms with Crippen molar-refractivity contribution in [2.24, 2.45) is 4.99 Å². The molecule has 0 saturated heterocycles. The predicted octanol–water partition coefficient (Wildman–Crippen LogP) is 3.47. The van der Waals surface area contributed by atoms with Gasteiger partial charge in [-0.15, -0.1) is 11.3 Å². The summed E-state index contributed by atoms with van der Waals surface area (Å²) < 4.78 is 2.00. The molecule has 0 bridgehead atoms. The summed E-state index contributed by atoms with van der Waals surface area (Å²) in [6, 6.07) is 10.2. The van der Waals surface area contributed by atoms with E-state index in [1.807, 2.05) is 29.8 Å². The number of benzene rings is 1. The van der Waals surface area contributed by atoms with Crippen LogP contribution in [0.3, 0.4) is 0 Å². The number of thiazole rings is 1. The van der Waals surface area contributed by atoms with Crippen LogP contribution in [-0.4, -0.2) is 34.3 Å². The van der Waals surface area contributed by atoms with E-state index in [1.54, 1.807) is 18.4 Å². The fourth-order valence-electron chi connectivity index (χ4n) is 3.08. The maximum absolute atomic E-state index is 4.71. The molecule has 0 aliphatic carbocycles. The Balaban J connectivity index is 1.58. The van der Waals surface area contributed by atoms with Crippen molar-refractivity contribution in [1.82, 2.24) is 25.4 Å². The molecule has 6 nitrogen and oxygen atoms in total. The molecule has 0 fully saturated rings. The van der Waals surface area contributed by atoms with Crippen LogP contribution in [0.1, 0.15) is 32.5 Å². The van der Waals surface area contributed by atoms with Crippen molar-refractivity contribution in [3.05, 3.63) is 62.9 Å².